The number of alkyl halides is 3. The van der Waals surface area contributed by atoms with Crippen molar-refractivity contribution in [2.24, 2.45) is 0 Å². The molecule has 3 aromatic heterocycles. The summed E-state index contributed by atoms with van der Waals surface area (Å²) in [5, 5.41) is 13.7. The average Bonchev–Trinajstić information content (AvgIpc) is 3.28. The molecule has 29 heavy (non-hydrogen) atoms. The highest BCUT2D eigenvalue weighted by atomic mass is 19.4. The molecule has 0 saturated heterocycles. The summed E-state index contributed by atoms with van der Waals surface area (Å²) in [5.41, 5.74) is 1.75. The molecule has 1 unspecified atom stereocenters. The number of benzene rings is 1. The number of aromatic amines is 1. The Morgan fingerprint density at radius 1 is 1.17 bits per heavy atom. The van der Waals surface area contributed by atoms with Crippen LogP contribution >= 0.6 is 0 Å². The molecule has 0 amide bonds. The normalized spacial score (nSPS) is 13.0. The van der Waals surface area contributed by atoms with Gasteiger partial charge in [-0.3, -0.25) is 5.10 Å². The summed E-state index contributed by atoms with van der Waals surface area (Å²) in [6.07, 6.45) is -0.983. The fourth-order valence-electron chi connectivity index (χ4n) is 3.01. The molecule has 11 heteroatoms. The number of anilines is 1. The molecule has 0 fully saturated rings. The molecular weight excluding hydrogens is 390 g/mol. The largest absolute Gasteiger partial charge is 0.435 e. The van der Waals surface area contributed by atoms with Gasteiger partial charge in [-0.05, 0) is 32.0 Å². The Bertz CT molecular complexity index is 1180. The average molecular weight is 405 g/mol. The van der Waals surface area contributed by atoms with Crippen LogP contribution in [0.25, 0.3) is 17.0 Å². The van der Waals surface area contributed by atoms with Crippen molar-refractivity contribution in [3.63, 3.8) is 0 Å². The van der Waals surface area contributed by atoms with Gasteiger partial charge in [-0.25, -0.2) is 14.4 Å². The van der Waals surface area contributed by atoms with E-state index in [4.69, 9.17) is 0 Å². The van der Waals surface area contributed by atoms with Crippen molar-refractivity contribution in [3.05, 3.63) is 59.6 Å². The molecule has 3 heterocycles. The standard InChI is InChI=1S/C18H15F4N7/c1-9(12-6-24-28-10(12)2)26-14-5-11(3-4-13(14)19)15-7-23-17-27-16(18(20,21)22)8-25-29(15)17/h3-9,26H,1-2H3,(H,24,28). The lowest BCUT2D eigenvalue weighted by Gasteiger charge is -2.16. The molecular formula is C18H15F4N7. The molecule has 7 nitrogen and oxygen atoms in total. The van der Waals surface area contributed by atoms with Gasteiger partial charge in [0.2, 0.25) is 0 Å². The number of hydrogen-bond acceptors (Lipinski definition) is 5. The van der Waals surface area contributed by atoms with Gasteiger partial charge in [-0.2, -0.15) is 27.9 Å². The maximum absolute atomic E-state index is 14.4. The predicted molar refractivity (Wildman–Crippen MR) is 96.5 cm³/mol. The van der Waals surface area contributed by atoms with E-state index >= 15 is 0 Å². The van der Waals surface area contributed by atoms with Gasteiger partial charge < -0.3 is 5.32 Å². The van der Waals surface area contributed by atoms with E-state index in [1.807, 2.05) is 13.8 Å². The summed E-state index contributed by atoms with van der Waals surface area (Å²) in [4.78, 5) is 7.39. The number of halogens is 4. The monoisotopic (exact) mass is 405 g/mol. The van der Waals surface area contributed by atoms with Crippen molar-refractivity contribution >= 4 is 11.5 Å². The zero-order valence-corrected chi connectivity index (χ0v) is 15.3. The van der Waals surface area contributed by atoms with Crippen LogP contribution in [0.15, 0.2) is 36.8 Å². The SMILES string of the molecule is Cc1[nH]ncc1C(C)Nc1cc(-c2cnc3nc(C(F)(F)F)cnn23)ccc1F. The molecule has 0 bridgehead atoms. The second-order valence-electron chi connectivity index (χ2n) is 6.51. The minimum Gasteiger partial charge on any atom is -0.376 e. The van der Waals surface area contributed by atoms with Gasteiger partial charge in [-0.15, -0.1) is 0 Å². The summed E-state index contributed by atoms with van der Waals surface area (Å²) in [6.45, 7) is 3.72. The first kappa shape index (κ1) is 18.8. The summed E-state index contributed by atoms with van der Waals surface area (Å²) in [6, 6.07) is 4.08. The molecule has 0 saturated carbocycles. The third-order valence-corrected chi connectivity index (χ3v) is 4.50. The predicted octanol–water partition coefficient (Wildman–Crippen LogP) is 4.15. The van der Waals surface area contributed by atoms with Crippen LogP contribution in [0.4, 0.5) is 23.2 Å². The Morgan fingerprint density at radius 2 is 1.97 bits per heavy atom. The van der Waals surface area contributed by atoms with E-state index in [1.54, 1.807) is 12.3 Å². The van der Waals surface area contributed by atoms with E-state index in [1.165, 1.54) is 22.8 Å². The van der Waals surface area contributed by atoms with Gasteiger partial charge in [0, 0.05) is 16.8 Å². The van der Waals surface area contributed by atoms with E-state index in [0.717, 1.165) is 11.3 Å². The maximum Gasteiger partial charge on any atom is 0.435 e. The van der Waals surface area contributed by atoms with E-state index < -0.39 is 17.7 Å². The number of fused-ring (bicyclic) bond motifs is 1. The van der Waals surface area contributed by atoms with E-state index in [9.17, 15) is 17.6 Å². The second-order valence-corrected chi connectivity index (χ2v) is 6.51. The van der Waals surface area contributed by atoms with Crippen LogP contribution in [0, 0.1) is 12.7 Å². The van der Waals surface area contributed by atoms with Crippen LogP contribution in [0.5, 0.6) is 0 Å². The van der Waals surface area contributed by atoms with Gasteiger partial charge >= 0.3 is 6.18 Å². The fourth-order valence-corrected chi connectivity index (χ4v) is 3.01. The molecule has 1 aromatic carbocycles. The Kier molecular flexibility index (Phi) is 4.44. The van der Waals surface area contributed by atoms with Crippen molar-refractivity contribution in [3.8, 4) is 11.3 Å². The lowest BCUT2D eigenvalue weighted by molar-refractivity contribution is -0.141. The Labute approximate surface area is 161 Å². The molecule has 0 spiro atoms. The number of rotatable bonds is 4. The molecule has 0 aliphatic rings. The molecule has 2 N–H and O–H groups in total. The minimum atomic E-state index is -4.62. The van der Waals surface area contributed by atoms with E-state index in [2.05, 4.69) is 30.6 Å². The van der Waals surface area contributed by atoms with Gasteiger partial charge in [0.05, 0.1) is 36.0 Å². The fraction of sp³-hybridized carbons (Fsp3) is 0.222. The summed E-state index contributed by atoms with van der Waals surface area (Å²) in [5.74, 6) is -0.669. The first-order valence-electron chi connectivity index (χ1n) is 8.58. The topological polar surface area (TPSA) is 83.8 Å². The number of H-pyrrole nitrogens is 1. The van der Waals surface area contributed by atoms with Crippen molar-refractivity contribution in [1.82, 2.24) is 29.8 Å². The second kappa shape index (κ2) is 6.83. The van der Waals surface area contributed by atoms with E-state index in [-0.39, 0.29) is 17.5 Å². The Morgan fingerprint density at radius 3 is 2.66 bits per heavy atom. The third-order valence-electron chi connectivity index (χ3n) is 4.50. The van der Waals surface area contributed by atoms with E-state index in [0.29, 0.717) is 17.5 Å². The zero-order chi connectivity index (χ0) is 20.8. The van der Waals surface area contributed by atoms with Gasteiger partial charge in [0.15, 0.2) is 5.69 Å². The van der Waals surface area contributed by atoms with Crippen LogP contribution in [0.1, 0.15) is 29.9 Å². The quantitative estimate of drug-likeness (QED) is 0.499. The van der Waals surface area contributed by atoms with Gasteiger partial charge in [0.1, 0.15) is 5.82 Å². The van der Waals surface area contributed by atoms with Crippen LogP contribution < -0.4 is 5.32 Å². The lowest BCUT2D eigenvalue weighted by Crippen LogP contribution is -2.11. The number of imidazole rings is 1. The zero-order valence-electron chi connectivity index (χ0n) is 15.3. The lowest BCUT2D eigenvalue weighted by atomic mass is 10.1. The maximum atomic E-state index is 14.4. The highest BCUT2D eigenvalue weighted by molar-refractivity contribution is 5.67. The highest BCUT2D eigenvalue weighted by Gasteiger charge is 2.33. The van der Waals surface area contributed by atoms with Crippen LogP contribution in [-0.4, -0.2) is 29.8 Å². The number of nitrogens with one attached hydrogen (secondary N) is 2. The smallest absolute Gasteiger partial charge is 0.376 e. The molecule has 0 radical (unpaired) electrons. The van der Waals surface area contributed by atoms with Crippen molar-refractivity contribution in [1.29, 1.82) is 0 Å². The Balaban J connectivity index is 1.69. The number of hydrogen-bond donors (Lipinski definition) is 2. The first-order chi connectivity index (χ1) is 13.7. The van der Waals surface area contributed by atoms with Crippen LogP contribution in [-0.2, 0) is 6.18 Å². The number of aromatic nitrogens is 6. The van der Waals surface area contributed by atoms with Crippen molar-refractivity contribution in [2.45, 2.75) is 26.1 Å². The van der Waals surface area contributed by atoms with Crippen molar-refractivity contribution in [2.75, 3.05) is 5.32 Å². The van der Waals surface area contributed by atoms with Gasteiger partial charge in [0.25, 0.3) is 5.78 Å². The van der Waals surface area contributed by atoms with Crippen molar-refractivity contribution < 1.29 is 17.6 Å². The molecule has 0 aliphatic heterocycles. The third kappa shape index (κ3) is 3.50. The molecule has 4 aromatic rings. The molecule has 150 valence electrons. The van der Waals surface area contributed by atoms with Gasteiger partial charge in [-0.1, -0.05) is 0 Å². The summed E-state index contributed by atoms with van der Waals surface area (Å²) >= 11 is 0. The minimum absolute atomic E-state index is 0.198. The molecule has 4 rings (SSSR count). The van der Waals surface area contributed by atoms with Crippen LogP contribution in [0.2, 0.25) is 0 Å². The number of nitrogens with zero attached hydrogens (tertiary/aromatic N) is 5. The molecule has 1 atom stereocenters. The Hall–Kier alpha value is -3.50. The highest BCUT2D eigenvalue weighted by Crippen LogP contribution is 2.30. The van der Waals surface area contributed by atoms with Crippen LogP contribution in [0.3, 0.4) is 0 Å². The summed E-state index contributed by atoms with van der Waals surface area (Å²) in [7, 11) is 0. The summed E-state index contributed by atoms with van der Waals surface area (Å²) < 4.78 is 54.0. The molecule has 0 aliphatic carbocycles. The first-order valence-corrected chi connectivity index (χ1v) is 8.58. The number of aryl methyl sites for hydroxylation is 1.